The van der Waals surface area contributed by atoms with Gasteiger partial charge in [0.1, 0.15) is 0 Å². The van der Waals surface area contributed by atoms with Gasteiger partial charge in [0.25, 0.3) is 0 Å². The zero-order valence-electron chi connectivity index (χ0n) is 4.02. The molecule has 0 N–H and O–H groups in total. The van der Waals surface area contributed by atoms with Gasteiger partial charge in [-0.25, -0.2) is 0 Å². The summed E-state index contributed by atoms with van der Waals surface area (Å²) in [5.74, 6) is -0.157. The molecule has 0 aliphatic rings. The van der Waals surface area contributed by atoms with Gasteiger partial charge in [0.2, 0.25) is 0 Å². The summed E-state index contributed by atoms with van der Waals surface area (Å²) in [4.78, 5) is 9.96. The molecule has 0 aromatic rings. The number of hydrogen-bond donors (Lipinski definition) is 0. The third-order valence-corrected chi connectivity index (χ3v) is 0.516. The van der Waals surface area contributed by atoms with Crippen LogP contribution in [0, 0.1) is 0 Å². The molecule has 0 radical (unpaired) electrons. The minimum atomic E-state index is -0.157. The van der Waals surface area contributed by atoms with Crippen LogP contribution in [-0.2, 0) is 9.53 Å². The van der Waals surface area contributed by atoms with Gasteiger partial charge in [0, 0.05) is 6.42 Å². The van der Waals surface area contributed by atoms with Crippen molar-refractivity contribution in [3.05, 3.63) is 0 Å². The topological polar surface area (TPSA) is 26.3 Å². The molecule has 0 rings (SSSR count). The van der Waals surface area contributed by atoms with E-state index in [4.69, 9.17) is 0 Å². The first-order valence-electron chi connectivity index (χ1n) is 1.88. The van der Waals surface area contributed by atoms with E-state index in [2.05, 4.69) is 4.74 Å². The van der Waals surface area contributed by atoms with Gasteiger partial charge in [-0.2, -0.15) is 0 Å². The Kier molecular flexibility index (Phi) is 9.21. The molecule has 0 aliphatic heterocycles. The van der Waals surface area contributed by atoms with Crippen molar-refractivity contribution in [3.8, 4) is 0 Å². The van der Waals surface area contributed by atoms with Crippen molar-refractivity contribution in [1.82, 2.24) is 0 Å². The molecule has 0 saturated carbocycles. The number of hydrogen-bond acceptors (Lipinski definition) is 2. The molecule has 0 fully saturated rings. The van der Waals surface area contributed by atoms with Crippen LogP contribution in [0.2, 0.25) is 0 Å². The number of carbonyl (C=O) groups excluding carboxylic acids is 1. The first-order chi connectivity index (χ1) is 2.81. The average molecular weight is 211 g/mol. The summed E-state index contributed by atoms with van der Waals surface area (Å²) < 4.78 is 4.26. The van der Waals surface area contributed by atoms with E-state index in [0.717, 1.165) is 0 Å². The maximum absolute atomic E-state index is 9.96. The molecule has 44 valence electrons. The number of rotatable bonds is 1. The SMILES string of the molecule is CCC(=O)OC.[SnH4]. The fourth-order valence-electron chi connectivity index (χ4n) is 0.144. The van der Waals surface area contributed by atoms with Crippen LogP contribution in [0.5, 0.6) is 0 Å². The Labute approximate surface area is 60.2 Å². The minimum absolute atomic E-state index is 0. The fourth-order valence-corrected chi connectivity index (χ4v) is 0.144. The normalized spacial score (nSPS) is 6.57. The first-order valence-corrected chi connectivity index (χ1v) is 1.88. The van der Waals surface area contributed by atoms with Crippen LogP contribution in [0.25, 0.3) is 0 Å². The summed E-state index contributed by atoms with van der Waals surface area (Å²) in [6, 6.07) is 0. The summed E-state index contributed by atoms with van der Waals surface area (Å²) in [5, 5.41) is 0. The van der Waals surface area contributed by atoms with Crippen molar-refractivity contribution in [2.45, 2.75) is 13.3 Å². The predicted molar refractivity (Wildman–Crippen MR) is 33.6 cm³/mol. The van der Waals surface area contributed by atoms with Crippen LogP contribution < -0.4 is 0 Å². The molecule has 0 bridgehead atoms. The van der Waals surface area contributed by atoms with Gasteiger partial charge >= 0.3 is 29.9 Å². The summed E-state index contributed by atoms with van der Waals surface area (Å²) in [6.07, 6.45) is 0.469. The molecule has 0 heterocycles. The Morgan fingerprint density at radius 2 is 2.14 bits per heavy atom. The molecule has 0 aliphatic carbocycles. The second-order valence-electron chi connectivity index (χ2n) is 0.930. The van der Waals surface area contributed by atoms with E-state index in [1.54, 1.807) is 6.92 Å². The molecular weight excluding hydrogens is 199 g/mol. The fraction of sp³-hybridized carbons (Fsp3) is 0.750. The van der Waals surface area contributed by atoms with Crippen LogP contribution >= 0.6 is 0 Å². The molecule has 0 unspecified atom stereocenters. The van der Waals surface area contributed by atoms with E-state index in [1.807, 2.05) is 0 Å². The zero-order valence-corrected chi connectivity index (χ0v) is 4.02. The number of carbonyl (C=O) groups is 1. The summed E-state index contributed by atoms with van der Waals surface area (Å²) in [6.45, 7) is 1.76. The van der Waals surface area contributed by atoms with Gasteiger partial charge in [-0.05, 0) is 0 Å². The Hall–Kier alpha value is 0.269. The van der Waals surface area contributed by atoms with Crippen molar-refractivity contribution >= 4 is 29.9 Å². The van der Waals surface area contributed by atoms with Gasteiger partial charge < -0.3 is 4.74 Å². The second kappa shape index (κ2) is 6.27. The van der Waals surface area contributed by atoms with Crippen LogP contribution in [0.1, 0.15) is 13.3 Å². The van der Waals surface area contributed by atoms with Crippen molar-refractivity contribution in [2.75, 3.05) is 7.11 Å². The van der Waals surface area contributed by atoms with Crippen LogP contribution in [0.4, 0.5) is 0 Å². The average Bonchev–Trinajstić information content (AvgIpc) is 1.65. The molecule has 2 nitrogen and oxygen atoms in total. The summed E-state index contributed by atoms with van der Waals surface area (Å²) >= 11 is 0. The Morgan fingerprint density at radius 1 is 1.71 bits per heavy atom. The second-order valence-corrected chi connectivity index (χ2v) is 0.930. The maximum atomic E-state index is 9.96. The Bertz CT molecular complexity index is 47.7. The van der Waals surface area contributed by atoms with Gasteiger partial charge in [-0.15, -0.1) is 0 Å². The van der Waals surface area contributed by atoms with Crippen molar-refractivity contribution in [3.63, 3.8) is 0 Å². The molecule has 3 heteroatoms. The van der Waals surface area contributed by atoms with Crippen LogP contribution in [-0.4, -0.2) is 37.0 Å². The summed E-state index contributed by atoms with van der Waals surface area (Å²) in [7, 11) is 1.38. The molecule has 0 saturated heterocycles. The van der Waals surface area contributed by atoms with E-state index < -0.39 is 0 Å². The molecular formula is C4H12O2Sn. The van der Waals surface area contributed by atoms with Gasteiger partial charge in [-0.1, -0.05) is 6.92 Å². The van der Waals surface area contributed by atoms with Crippen molar-refractivity contribution in [1.29, 1.82) is 0 Å². The standard InChI is InChI=1S/C4H8O2.Sn.4H/c1-3-4(5)6-2;;;;;/h3H2,1-2H3;;;;;. The zero-order chi connectivity index (χ0) is 4.99. The van der Waals surface area contributed by atoms with Crippen LogP contribution in [0.15, 0.2) is 0 Å². The van der Waals surface area contributed by atoms with Gasteiger partial charge in [0.05, 0.1) is 7.11 Å². The predicted octanol–water partition coefficient (Wildman–Crippen LogP) is -0.882. The molecule has 0 atom stereocenters. The Balaban J connectivity index is 0. The molecule has 0 aromatic carbocycles. The monoisotopic (exact) mass is 212 g/mol. The number of ether oxygens (including phenoxy) is 1. The van der Waals surface area contributed by atoms with E-state index in [-0.39, 0.29) is 29.9 Å². The quantitative estimate of drug-likeness (QED) is 0.415. The molecule has 0 spiro atoms. The molecule has 7 heavy (non-hydrogen) atoms. The van der Waals surface area contributed by atoms with Crippen molar-refractivity contribution < 1.29 is 9.53 Å². The van der Waals surface area contributed by atoms with E-state index in [0.29, 0.717) is 6.42 Å². The van der Waals surface area contributed by atoms with Crippen molar-refractivity contribution in [2.24, 2.45) is 0 Å². The summed E-state index contributed by atoms with van der Waals surface area (Å²) in [5.41, 5.74) is 0. The third-order valence-electron chi connectivity index (χ3n) is 0.516. The molecule has 0 aromatic heterocycles. The third kappa shape index (κ3) is 6.27. The van der Waals surface area contributed by atoms with E-state index in [1.165, 1.54) is 7.11 Å². The van der Waals surface area contributed by atoms with Crippen LogP contribution in [0.3, 0.4) is 0 Å². The van der Waals surface area contributed by atoms with Gasteiger partial charge in [0.15, 0.2) is 0 Å². The number of esters is 1. The molecule has 0 amide bonds. The number of methoxy groups -OCH3 is 1. The first kappa shape index (κ1) is 10.3. The van der Waals surface area contributed by atoms with E-state index in [9.17, 15) is 4.79 Å². The van der Waals surface area contributed by atoms with Gasteiger partial charge in [-0.3, -0.25) is 4.79 Å². The Morgan fingerprint density at radius 3 is 2.14 bits per heavy atom. The van der Waals surface area contributed by atoms with E-state index >= 15 is 0 Å².